The molecule has 0 aliphatic carbocycles. The number of carbonyl (C=O) groups excluding carboxylic acids is 2. The summed E-state index contributed by atoms with van der Waals surface area (Å²) < 4.78 is 37.3. The number of rotatable bonds is 5. The smallest absolute Gasteiger partial charge is 0.336 e. The highest BCUT2D eigenvalue weighted by Gasteiger charge is 2.32. The van der Waals surface area contributed by atoms with Crippen molar-refractivity contribution >= 4 is 23.6 Å². The van der Waals surface area contributed by atoms with Crippen LogP contribution >= 0.6 is 11.8 Å². The third-order valence-electron chi connectivity index (χ3n) is 4.78. The number of hydroxylamine groups is 1. The van der Waals surface area contributed by atoms with E-state index in [1.165, 1.54) is 24.3 Å². The van der Waals surface area contributed by atoms with E-state index >= 15 is 0 Å². The van der Waals surface area contributed by atoms with Crippen LogP contribution in [-0.4, -0.2) is 58.5 Å². The summed E-state index contributed by atoms with van der Waals surface area (Å²) >= 11 is -0.227. The van der Waals surface area contributed by atoms with E-state index in [9.17, 15) is 22.8 Å². The van der Waals surface area contributed by atoms with E-state index in [0.717, 1.165) is 5.56 Å². The standard InChI is InChI=1S/C20H20F3N3O3S/c21-20(22,23)30-16-8-6-15(7-9-16)19(28)26-12-10-25(11-13-26)17(18(27)24-29)14-4-2-1-3-5-14/h1-9,17,29H,10-13H2,(H,24,27). The van der Waals surface area contributed by atoms with Crippen LogP contribution in [0.5, 0.6) is 0 Å². The Morgan fingerprint density at radius 1 is 0.967 bits per heavy atom. The maximum atomic E-state index is 12.7. The van der Waals surface area contributed by atoms with Crippen molar-refractivity contribution < 1.29 is 28.0 Å². The molecule has 2 amide bonds. The van der Waals surface area contributed by atoms with Crippen molar-refractivity contribution in [1.29, 1.82) is 0 Å². The van der Waals surface area contributed by atoms with Crippen LogP contribution in [0.2, 0.25) is 0 Å². The SMILES string of the molecule is O=C(NO)C(c1ccccc1)N1CCN(C(=O)c2ccc(SC(F)(F)F)cc2)CC1. The molecule has 3 rings (SSSR count). The van der Waals surface area contributed by atoms with Gasteiger partial charge in [-0.2, -0.15) is 13.2 Å². The quantitative estimate of drug-likeness (QED) is 0.425. The summed E-state index contributed by atoms with van der Waals surface area (Å²) in [6.07, 6.45) is 0. The van der Waals surface area contributed by atoms with Crippen LogP contribution in [0, 0.1) is 0 Å². The zero-order chi connectivity index (χ0) is 21.7. The average Bonchev–Trinajstić information content (AvgIpc) is 2.74. The molecule has 1 heterocycles. The Morgan fingerprint density at radius 3 is 2.10 bits per heavy atom. The van der Waals surface area contributed by atoms with E-state index in [1.807, 2.05) is 11.0 Å². The topological polar surface area (TPSA) is 72.9 Å². The first kappa shape index (κ1) is 22.1. The fraction of sp³-hybridized carbons (Fsp3) is 0.300. The molecule has 0 radical (unpaired) electrons. The summed E-state index contributed by atoms with van der Waals surface area (Å²) in [5.41, 5.74) is -1.65. The minimum atomic E-state index is -4.38. The number of amides is 2. The molecule has 2 aromatic rings. The molecule has 1 saturated heterocycles. The molecule has 1 unspecified atom stereocenters. The van der Waals surface area contributed by atoms with Crippen LogP contribution < -0.4 is 5.48 Å². The van der Waals surface area contributed by atoms with E-state index in [-0.39, 0.29) is 22.6 Å². The molecular formula is C20H20F3N3O3S. The second kappa shape index (κ2) is 9.50. The summed E-state index contributed by atoms with van der Waals surface area (Å²) in [5, 5.41) is 9.12. The number of piperazine rings is 1. The number of thioether (sulfide) groups is 1. The minimum Gasteiger partial charge on any atom is -0.336 e. The maximum absolute atomic E-state index is 12.7. The molecular weight excluding hydrogens is 419 g/mol. The van der Waals surface area contributed by atoms with Crippen LogP contribution in [0.15, 0.2) is 59.5 Å². The Labute approximate surface area is 175 Å². The largest absolute Gasteiger partial charge is 0.446 e. The van der Waals surface area contributed by atoms with Gasteiger partial charge < -0.3 is 4.90 Å². The third kappa shape index (κ3) is 5.53. The summed E-state index contributed by atoms with van der Waals surface area (Å²) in [6, 6.07) is 13.6. The van der Waals surface area contributed by atoms with Crippen molar-refractivity contribution in [3.05, 3.63) is 65.7 Å². The van der Waals surface area contributed by atoms with E-state index in [0.29, 0.717) is 31.7 Å². The van der Waals surface area contributed by atoms with Crippen molar-refractivity contribution in [2.24, 2.45) is 0 Å². The number of halogens is 3. The van der Waals surface area contributed by atoms with Gasteiger partial charge in [0.05, 0.1) is 0 Å². The predicted molar refractivity (Wildman–Crippen MR) is 105 cm³/mol. The van der Waals surface area contributed by atoms with Gasteiger partial charge in [-0.1, -0.05) is 30.3 Å². The van der Waals surface area contributed by atoms with Gasteiger partial charge in [0.25, 0.3) is 11.8 Å². The molecule has 30 heavy (non-hydrogen) atoms. The zero-order valence-electron chi connectivity index (χ0n) is 15.8. The first-order valence-electron chi connectivity index (χ1n) is 9.16. The molecule has 10 heteroatoms. The van der Waals surface area contributed by atoms with Crippen molar-refractivity contribution in [3.8, 4) is 0 Å². The van der Waals surface area contributed by atoms with Crippen molar-refractivity contribution in [2.45, 2.75) is 16.4 Å². The second-order valence-electron chi connectivity index (χ2n) is 6.69. The number of nitrogens with one attached hydrogen (secondary N) is 1. The number of nitrogens with zero attached hydrogens (tertiary/aromatic N) is 2. The lowest BCUT2D eigenvalue weighted by molar-refractivity contribution is -0.135. The third-order valence-corrected chi connectivity index (χ3v) is 5.51. The first-order chi connectivity index (χ1) is 14.3. The molecule has 2 aromatic carbocycles. The molecule has 1 aliphatic rings. The van der Waals surface area contributed by atoms with Gasteiger partial charge >= 0.3 is 5.51 Å². The fourth-order valence-corrected chi connectivity index (χ4v) is 3.93. The number of hydrogen-bond donors (Lipinski definition) is 2. The predicted octanol–water partition coefficient (Wildman–Crippen LogP) is 3.30. The molecule has 1 atom stereocenters. The summed E-state index contributed by atoms with van der Waals surface area (Å²) in [5.74, 6) is -0.834. The normalized spacial score (nSPS) is 16.2. The second-order valence-corrected chi connectivity index (χ2v) is 7.83. The van der Waals surface area contributed by atoms with Crippen molar-refractivity contribution in [1.82, 2.24) is 15.3 Å². The van der Waals surface area contributed by atoms with Gasteiger partial charge in [-0.15, -0.1) is 0 Å². The van der Waals surface area contributed by atoms with Gasteiger partial charge in [-0.3, -0.25) is 19.7 Å². The van der Waals surface area contributed by atoms with Gasteiger partial charge in [0.15, 0.2) is 0 Å². The number of benzene rings is 2. The summed E-state index contributed by atoms with van der Waals surface area (Å²) in [6.45, 7) is 1.50. The lowest BCUT2D eigenvalue weighted by Gasteiger charge is -2.38. The number of hydrogen-bond acceptors (Lipinski definition) is 5. The summed E-state index contributed by atoms with van der Waals surface area (Å²) in [4.78, 5) is 28.4. The van der Waals surface area contributed by atoms with E-state index < -0.39 is 17.5 Å². The average molecular weight is 439 g/mol. The lowest BCUT2D eigenvalue weighted by Crippen LogP contribution is -2.52. The van der Waals surface area contributed by atoms with Crippen LogP contribution in [0.4, 0.5) is 13.2 Å². The van der Waals surface area contributed by atoms with Crippen molar-refractivity contribution in [2.75, 3.05) is 26.2 Å². The van der Waals surface area contributed by atoms with Crippen molar-refractivity contribution in [3.63, 3.8) is 0 Å². The van der Waals surface area contributed by atoms with Crippen LogP contribution in [-0.2, 0) is 4.79 Å². The maximum Gasteiger partial charge on any atom is 0.446 e. The van der Waals surface area contributed by atoms with Gasteiger partial charge in [0, 0.05) is 36.6 Å². The van der Waals surface area contributed by atoms with Gasteiger partial charge in [0.1, 0.15) is 6.04 Å². The Hall–Kier alpha value is -2.56. The Balaban J connectivity index is 1.64. The molecule has 0 bridgehead atoms. The fourth-order valence-electron chi connectivity index (χ4n) is 3.39. The molecule has 1 fully saturated rings. The van der Waals surface area contributed by atoms with Crippen LogP contribution in [0.25, 0.3) is 0 Å². The van der Waals surface area contributed by atoms with E-state index in [2.05, 4.69) is 0 Å². The lowest BCUT2D eigenvalue weighted by atomic mass is 10.0. The first-order valence-corrected chi connectivity index (χ1v) is 9.98. The minimum absolute atomic E-state index is 0.0181. The molecule has 1 aliphatic heterocycles. The number of alkyl halides is 3. The summed E-state index contributed by atoms with van der Waals surface area (Å²) in [7, 11) is 0. The molecule has 0 saturated carbocycles. The van der Waals surface area contributed by atoms with E-state index in [1.54, 1.807) is 34.6 Å². The highest BCUT2D eigenvalue weighted by Crippen LogP contribution is 2.36. The van der Waals surface area contributed by atoms with Gasteiger partial charge in [-0.05, 0) is 41.6 Å². The van der Waals surface area contributed by atoms with Crippen LogP contribution in [0.3, 0.4) is 0 Å². The molecule has 6 nitrogen and oxygen atoms in total. The molecule has 0 spiro atoms. The molecule has 0 aromatic heterocycles. The Morgan fingerprint density at radius 2 is 1.57 bits per heavy atom. The van der Waals surface area contributed by atoms with Crippen LogP contribution in [0.1, 0.15) is 22.0 Å². The molecule has 2 N–H and O–H groups in total. The van der Waals surface area contributed by atoms with Gasteiger partial charge in [0.2, 0.25) is 0 Å². The molecule has 160 valence electrons. The highest BCUT2D eigenvalue weighted by molar-refractivity contribution is 8.00. The van der Waals surface area contributed by atoms with E-state index in [4.69, 9.17) is 5.21 Å². The highest BCUT2D eigenvalue weighted by atomic mass is 32.2. The Bertz CT molecular complexity index is 870. The van der Waals surface area contributed by atoms with Gasteiger partial charge in [-0.25, -0.2) is 5.48 Å². The Kier molecular flexibility index (Phi) is 7.01. The zero-order valence-corrected chi connectivity index (χ0v) is 16.6. The number of carbonyl (C=O) groups is 2. The monoisotopic (exact) mass is 439 g/mol.